The molecule has 7 rings (SSSR count). The fourth-order valence-electron chi connectivity index (χ4n) is 4.89. The molecule has 6 heteroatoms. The Labute approximate surface area is 225 Å². The molecule has 7 aromatic rings. The average molecular weight is 509 g/mol. The van der Waals surface area contributed by atoms with Crippen molar-refractivity contribution in [2.45, 2.75) is 0 Å². The van der Waals surface area contributed by atoms with Gasteiger partial charge in [0.25, 0.3) is 0 Å². The number of aryl methyl sites for hydroxylation is 1. The van der Waals surface area contributed by atoms with Crippen LogP contribution in [-0.2, 0) is 7.05 Å². The maximum atomic E-state index is 6.51. The summed E-state index contributed by atoms with van der Waals surface area (Å²) >= 11 is 0. The Morgan fingerprint density at radius 1 is 0.744 bits per heavy atom. The SMILES string of the molecule is Cn1ccc(-c2cccc(Oc3cc(N(c4ccccc4)c4ccccn4)c4oc5ccccc5c4c3)c2)n1. The number of pyridine rings is 1. The largest absolute Gasteiger partial charge is 0.457 e. The minimum absolute atomic E-state index is 0.694. The van der Waals surface area contributed by atoms with E-state index in [-0.39, 0.29) is 0 Å². The van der Waals surface area contributed by atoms with Gasteiger partial charge in [-0.1, -0.05) is 54.6 Å². The third-order valence-corrected chi connectivity index (χ3v) is 6.64. The van der Waals surface area contributed by atoms with Crippen LogP contribution in [0.5, 0.6) is 11.5 Å². The van der Waals surface area contributed by atoms with E-state index < -0.39 is 0 Å². The maximum Gasteiger partial charge on any atom is 0.159 e. The van der Waals surface area contributed by atoms with Gasteiger partial charge in [-0.25, -0.2) is 4.98 Å². The van der Waals surface area contributed by atoms with E-state index in [1.54, 1.807) is 10.9 Å². The number of furan rings is 1. The van der Waals surface area contributed by atoms with Crippen LogP contribution in [0.25, 0.3) is 33.2 Å². The molecule has 4 aromatic carbocycles. The van der Waals surface area contributed by atoms with E-state index in [1.165, 1.54) is 0 Å². The summed E-state index contributed by atoms with van der Waals surface area (Å²) in [6, 6.07) is 38.2. The predicted molar refractivity (Wildman–Crippen MR) is 155 cm³/mol. The number of hydrogen-bond donors (Lipinski definition) is 0. The van der Waals surface area contributed by atoms with Crippen molar-refractivity contribution >= 4 is 39.1 Å². The first kappa shape index (κ1) is 22.8. The summed E-state index contributed by atoms with van der Waals surface area (Å²) in [6.07, 6.45) is 3.73. The number of hydrogen-bond acceptors (Lipinski definition) is 5. The quantitative estimate of drug-likeness (QED) is 0.225. The van der Waals surface area contributed by atoms with Crippen molar-refractivity contribution < 1.29 is 9.15 Å². The van der Waals surface area contributed by atoms with Crippen LogP contribution >= 0.6 is 0 Å². The lowest BCUT2D eigenvalue weighted by molar-refractivity contribution is 0.483. The molecule has 0 aliphatic carbocycles. The van der Waals surface area contributed by atoms with Crippen LogP contribution in [-0.4, -0.2) is 14.8 Å². The molecule has 0 fully saturated rings. The predicted octanol–water partition coefficient (Wildman–Crippen LogP) is 8.64. The first-order chi connectivity index (χ1) is 19.2. The van der Waals surface area contributed by atoms with Crippen LogP contribution in [0.2, 0.25) is 0 Å². The summed E-state index contributed by atoms with van der Waals surface area (Å²) in [5.74, 6) is 2.19. The summed E-state index contributed by atoms with van der Waals surface area (Å²) in [5.41, 5.74) is 5.27. The molecule has 0 N–H and O–H groups in total. The highest BCUT2D eigenvalue weighted by Gasteiger charge is 2.22. The monoisotopic (exact) mass is 508 g/mol. The first-order valence-corrected chi connectivity index (χ1v) is 12.7. The molecular weight excluding hydrogens is 484 g/mol. The molecule has 3 aromatic heterocycles. The molecule has 3 heterocycles. The van der Waals surface area contributed by atoms with Crippen LogP contribution in [0.15, 0.2) is 132 Å². The van der Waals surface area contributed by atoms with Gasteiger partial charge in [0.15, 0.2) is 5.58 Å². The van der Waals surface area contributed by atoms with Crippen LogP contribution in [0.3, 0.4) is 0 Å². The van der Waals surface area contributed by atoms with E-state index in [4.69, 9.17) is 9.15 Å². The molecule has 39 heavy (non-hydrogen) atoms. The summed E-state index contributed by atoms with van der Waals surface area (Å²) < 4.78 is 14.8. The standard InChI is InChI=1S/C33H24N4O2/c1-36-19-17-29(35-36)23-10-9-13-25(20-23)38-26-21-28-27-14-5-6-15-31(27)39-33(28)30(22-26)37(24-11-3-2-4-12-24)32-16-7-8-18-34-32/h2-22H,1H3. The minimum Gasteiger partial charge on any atom is -0.457 e. The highest BCUT2D eigenvalue weighted by molar-refractivity contribution is 6.10. The van der Waals surface area contributed by atoms with E-state index in [0.717, 1.165) is 56.1 Å². The molecule has 0 radical (unpaired) electrons. The number of para-hydroxylation sites is 2. The van der Waals surface area contributed by atoms with Gasteiger partial charge in [0, 0.05) is 47.5 Å². The number of anilines is 3. The summed E-state index contributed by atoms with van der Waals surface area (Å²) in [6.45, 7) is 0. The Kier molecular flexibility index (Phi) is 5.56. The topological polar surface area (TPSA) is 56.3 Å². The van der Waals surface area contributed by atoms with E-state index in [1.807, 2.05) is 110 Å². The first-order valence-electron chi connectivity index (χ1n) is 12.7. The Morgan fingerprint density at radius 2 is 1.59 bits per heavy atom. The van der Waals surface area contributed by atoms with Gasteiger partial charge in [-0.3, -0.25) is 9.58 Å². The number of nitrogens with zero attached hydrogens (tertiary/aromatic N) is 4. The fraction of sp³-hybridized carbons (Fsp3) is 0.0303. The zero-order chi connectivity index (χ0) is 26.2. The van der Waals surface area contributed by atoms with E-state index in [0.29, 0.717) is 5.75 Å². The lowest BCUT2D eigenvalue weighted by Crippen LogP contribution is -2.11. The van der Waals surface area contributed by atoms with Crippen molar-refractivity contribution in [1.29, 1.82) is 0 Å². The van der Waals surface area contributed by atoms with Gasteiger partial charge in [-0.05, 0) is 54.6 Å². The third-order valence-electron chi connectivity index (χ3n) is 6.64. The lowest BCUT2D eigenvalue weighted by atomic mass is 10.1. The fourth-order valence-corrected chi connectivity index (χ4v) is 4.89. The van der Waals surface area contributed by atoms with E-state index >= 15 is 0 Å². The average Bonchev–Trinajstić information content (AvgIpc) is 3.58. The van der Waals surface area contributed by atoms with Crippen LogP contribution in [0.1, 0.15) is 0 Å². The number of fused-ring (bicyclic) bond motifs is 3. The number of aromatic nitrogens is 3. The second-order valence-electron chi connectivity index (χ2n) is 9.28. The molecule has 0 bridgehead atoms. The highest BCUT2D eigenvalue weighted by Crippen LogP contribution is 2.44. The second kappa shape index (κ2) is 9.50. The molecule has 0 saturated carbocycles. The lowest BCUT2D eigenvalue weighted by Gasteiger charge is -2.24. The van der Waals surface area contributed by atoms with Crippen LogP contribution in [0.4, 0.5) is 17.2 Å². The smallest absolute Gasteiger partial charge is 0.159 e. The summed E-state index contributed by atoms with van der Waals surface area (Å²) in [4.78, 5) is 6.79. The summed E-state index contributed by atoms with van der Waals surface area (Å²) in [7, 11) is 1.91. The molecule has 0 atom stereocenters. The zero-order valence-corrected chi connectivity index (χ0v) is 21.2. The highest BCUT2D eigenvalue weighted by atomic mass is 16.5. The van der Waals surface area contributed by atoms with E-state index in [9.17, 15) is 0 Å². The molecule has 0 aliphatic rings. The van der Waals surface area contributed by atoms with Crippen molar-refractivity contribution in [2.24, 2.45) is 7.05 Å². The molecule has 0 aliphatic heterocycles. The number of ether oxygens (including phenoxy) is 1. The van der Waals surface area contributed by atoms with Gasteiger partial charge in [0.05, 0.1) is 11.4 Å². The van der Waals surface area contributed by atoms with Gasteiger partial charge in [0.1, 0.15) is 22.9 Å². The zero-order valence-electron chi connectivity index (χ0n) is 21.2. The van der Waals surface area contributed by atoms with Gasteiger partial charge in [-0.15, -0.1) is 0 Å². The molecule has 188 valence electrons. The van der Waals surface area contributed by atoms with Gasteiger partial charge in [0.2, 0.25) is 0 Å². The normalized spacial score (nSPS) is 11.2. The van der Waals surface area contributed by atoms with Crippen molar-refractivity contribution in [3.8, 4) is 22.8 Å². The van der Waals surface area contributed by atoms with Crippen LogP contribution < -0.4 is 9.64 Å². The van der Waals surface area contributed by atoms with Crippen molar-refractivity contribution in [3.05, 3.63) is 128 Å². The Balaban J connectivity index is 1.42. The van der Waals surface area contributed by atoms with Crippen molar-refractivity contribution in [3.63, 3.8) is 0 Å². The molecule has 0 spiro atoms. The molecular formula is C33H24N4O2. The molecule has 0 unspecified atom stereocenters. The molecule has 0 amide bonds. The van der Waals surface area contributed by atoms with Gasteiger partial charge < -0.3 is 9.15 Å². The molecule has 0 saturated heterocycles. The summed E-state index contributed by atoms with van der Waals surface area (Å²) in [5, 5.41) is 6.53. The molecule has 6 nitrogen and oxygen atoms in total. The van der Waals surface area contributed by atoms with Crippen LogP contribution in [0, 0.1) is 0 Å². The Bertz CT molecular complexity index is 1870. The Morgan fingerprint density at radius 3 is 2.41 bits per heavy atom. The van der Waals surface area contributed by atoms with Crippen molar-refractivity contribution in [1.82, 2.24) is 14.8 Å². The Hall–Kier alpha value is -5.36. The van der Waals surface area contributed by atoms with E-state index in [2.05, 4.69) is 33.2 Å². The minimum atomic E-state index is 0.694. The van der Waals surface area contributed by atoms with Crippen molar-refractivity contribution in [2.75, 3.05) is 4.90 Å². The number of benzene rings is 4. The maximum absolute atomic E-state index is 6.51. The number of rotatable bonds is 6. The third kappa shape index (κ3) is 4.28. The second-order valence-corrected chi connectivity index (χ2v) is 9.28. The van der Waals surface area contributed by atoms with Gasteiger partial charge in [-0.2, -0.15) is 5.10 Å². The van der Waals surface area contributed by atoms with Gasteiger partial charge >= 0.3 is 0 Å².